The van der Waals surface area contributed by atoms with Crippen molar-refractivity contribution in [2.45, 2.75) is 31.8 Å². The third-order valence-electron chi connectivity index (χ3n) is 3.90. The number of nitrogens with zero attached hydrogens (tertiary/aromatic N) is 1. The number of amides is 1. The van der Waals surface area contributed by atoms with E-state index in [4.69, 9.17) is 4.74 Å². The van der Waals surface area contributed by atoms with Crippen molar-refractivity contribution in [3.8, 4) is 0 Å². The van der Waals surface area contributed by atoms with E-state index in [2.05, 4.69) is 10.2 Å². The second-order valence-electron chi connectivity index (χ2n) is 5.35. The Balaban J connectivity index is 1.74. The van der Waals surface area contributed by atoms with Crippen molar-refractivity contribution in [3.05, 3.63) is 24.0 Å². The fourth-order valence-corrected chi connectivity index (χ4v) is 2.78. The Morgan fingerprint density at radius 3 is 2.80 bits per heavy atom. The Morgan fingerprint density at radius 2 is 2.10 bits per heavy atom. The summed E-state index contributed by atoms with van der Waals surface area (Å²) in [6.07, 6.45) is 3.47. The van der Waals surface area contributed by atoms with Gasteiger partial charge in [0.1, 0.15) is 11.9 Å². The topological polar surface area (TPSA) is 41.6 Å². The van der Waals surface area contributed by atoms with E-state index in [1.54, 1.807) is 12.1 Å². The lowest BCUT2D eigenvalue weighted by molar-refractivity contribution is -0.124. The molecule has 2 fully saturated rings. The van der Waals surface area contributed by atoms with E-state index in [1.165, 1.54) is 6.07 Å². The van der Waals surface area contributed by atoms with E-state index in [9.17, 15) is 9.18 Å². The highest BCUT2D eigenvalue weighted by atomic mass is 19.1. The maximum atomic E-state index is 13.8. The van der Waals surface area contributed by atoms with Gasteiger partial charge in [-0.2, -0.15) is 0 Å². The van der Waals surface area contributed by atoms with E-state index >= 15 is 0 Å². The Hall–Kier alpha value is -1.62. The maximum absolute atomic E-state index is 13.8. The SMILES string of the molecule is O=C(Nc1cc(N2CCCC2)ccc1F)C1CCCO1. The van der Waals surface area contributed by atoms with Crippen LogP contribution in [0.25, 0.3) is 0 Å². The number of halogens is 1. The number of nitrogens with one attached hydrogen (secondary N) is 1. The van der Waals surface area contributed by atoms with E-state index in [-0.39, 0.29) is 11.6 Å². The van der Waals surface area contributed by atoms with Gasteiger partial charge in [-0.1, -0.05) is 0 Å². The molecule has 2 aliphatic rings. The van der Waals surface area contributed by atoms with Gasteiger partial charge in [-0.25, -0.2) is 4.39 Å². The summed E-state index contributed by atoms with van der Waals surface area (Å²) in [6, 6.07) is 4.90. The van der Waals surface area contributed by atoms with Crippen LogP contribution >= 0.6 is 0 Å². The minimum atomic E-state index is -0.440. The zero-order valence-electron chi connectivity index (χ0n) is 11.4. The number of anilines is 2. The van der Waals surface area contributed by atoms with Crippen molar-refractivity contribution in [3.63, 3.8) is 0 Å². The molecule has 5 heteroatoms. The van der Waals surface area contributed by atoms with Crippen molar-refractivity contribution < 1.29 is 13.9 Å². The Kier molecular flexibility index (Phi) is 3.87. The number of carbonyl (C=O) groups is 1. The molecule has 2 heterocycles. The lowest BCUT2D eigenvalue weighted by Crippen LogP contribution is -2.27. The molecular weight excluding hydrogens is 259 g/mol. The van der Waals surface area contributed by atoms with Gasteiger partial charge in [0.15, 0.2) is 0 Å². The largest absolute Gasteiger partial charge is 0.371 e. The quantitative estimate of drug-likeness (QED) is 0.924. The van der Waals surface area contributed by atoms with Crippen LogP contribution in [0.2, 0.25) is 0 Å². The first-order valence-corrected chi connectivity index (χ1v) is 7.21. The molecule has 1 amide bonds. The standard InChI is InChI=1S/C15H19FN2O2/c16-12-6-5-11(18-7-1-2-8-18)10-13(12)17-15(19)14-4-3-9-20-14/h5-6,10,14H,1-4,7-9H2,(H,17,19). The molecule has 0 aliphatic carbocycles. The first kappa shape index (κ1) is 13.4. The van der Waals surface area contributed by atoms with Crippen LogP contribution in [0.1, 0.15) is 25.7 Å². The van der Waals surface area contributed by atoms with Gasteiger partial charge in [0.2, 0.25) is 0 Å². The fraction of sp³-hybridized carbons (Fsp3) is 0.533. The minimum Gasteiger partial charge on any atom is -0.371 e. The van der Waals surface area contributed by atoms with Crippen molar-refractivity contribution in [1.29, 1.82) is 0 Å². The summed E-state index contributed by atoms with van der Waals surface area (Å²) >= 11 is 0. The molecule has 0 aromatic heterocycles. The Morgan fingerprint density at radius 1 is 1.30 bits per heavy atom. The maximum Gasteiger partial charge on any atom is 0.253 e. The van der Waals surface area contributed by atoms with Crippen LogP contribution in [0.3, 0.4) is 0 Å². The second-order valence-corrected chi connectivity index (χ2v) is 5.35. The van der Waals surface area contributed by atoms with Gasteiger partial charge < -0.3 is 15.0 Å². The van der Waals surface area contributed by atoms with Crippen LogP contribution in [-0.2, 0) is 9.53 Å². The summed E-state index contributed by atoms with van der Waals surface area (Å²) in [7, 11) is 0. The molecule has 108 valence electrons. The predicted octanol–water partition coefficient (Wildman–Crippen LogP) is 2.54. The smallest absolute Gasteiger partial charge is 0.253 e. The summed E-state index contributed by atoms with van der Waals surface area (Å²) in [5, 5.41) is 2.65. The highest BCUT2D eigenvalue weighted by molar-refractivity contribution is 5.94. The molecule has 1 unspecified atom stereocenters. The molecule has 2 aliphatic heterocycles. The Labute approximate surface area is 117 Å². The number of rotatable bonds is 3. The van der Waals surface area contributed by atoms with Crippen LogP contribution in [0.15, 0.2) is 18.2 Å². The zero-order valence-corrected chi connectivity index (χ0v) is 11.4. The molecular formula is C15H19FN2O2. The lowest BCUT2D eigenvalue weighted by Gasteiger charge is -2.19. The number of hydrogen-bond acceptors (Lipinski definition) is 3. The summed E-state index contributed by atoms with van der Waals surface area (Å²) in [4.78, 5) is 14.2. The van der Waals surface area contributed by atoms with E-state index < -0.39 is 11.9 Å². The van der Waals surface area contributed by atoms with Gasteiger partial charge in [-0.15, -0.1) is 0 Å². The third-order valence-corrected chi connectivity index (χ3v) is 3.90. The van der Waals surface area contributed by atoms with Crippen LogP contribution in [0, 0.1) is 5.82 Å². The molecule has 1 aromatic rings. The summed E-state index contributed by atoms with van der Waals surface area (Å²) < 4.78 is 19.1. The number of ether oxygens (including phenoxy) is 1. The van der Waals surface area contributed by atoms with E-state index in [0.717, 1.165) is 38.0 Å². The van der Waals surface area contributed by atoms with Gasteiger partial charge >= 0.3 is 0 Å². The van der Waals surface area contributed by atoms with Crippen LogP contribution in [0.4, 0.5) is 15.8 Å². The van der Waals surface area contributed by atoms with Gasteiger partial charge in [-0.05, 0) is 43.9 Å². The number of carbonyl (C=O) groups excluding carboxylic acids is 1. The molecule has 1 aromatic carbocycles. The fourth-order valence-electron chi connectivity index (χ4n) is 2.78. The molecule has 0 saturated carbocycles. The van der Waals surface area contributed by atoms with Crippen molar-refractivity contribution in [2.75, 3.05) is 29.9 Å². The number of hydrogen-bond donors (Lipinski definition) is 1. The second kappa shape index (κ2) is 5.79. The molecule has 0 spiro atoms. The monoisotopic (exact) mass is 278 g/mol. The molecule has 0 radical (unpaired) electrons. The van der Waals surface area contributed by atoms with Crippen LogP contribution < -0.4 is 10.2 Å². The first-order valence-electron chi connectivity index (χ1n) is 7.21. The average molecular weight is 278 g/mol. The Bertz CT molecular complexity index is 495. The summed E-state index contributed by atoms with van der Waals surface area (Å²) in [6.45, 7) is 2.59. The third kappa shape index (κ3) is 2.77. The molecule has 3 rings (SSSR count). The van der Waals surface area contributed by atoms with Gasteiger partial charge in [-0.3, -0.25) is 4.79 Å². The number of benzene rings is 1. The van der Waals surface area contributed by atoms with Gasteiger partial charge in [0.25, 0.3) is 5.91 Å². The highest BCUT2D eigenvalue weighted by Gasteiger charge is 2.24. The lowest BCUT2D eigenvalue weighted by atomic mass is 10.2. The van der Waals surface area contributed by atoms with Crippen molar-refractivity contribution in [1.82, 2.24) is 0 Å². The summed E-state index contributed by atoms with van der Waals surface area (Å²) in [5.41, 5.74) is 1.21. The van der Waals surface area contributed by atoms with E-state index in [1.807, 2.05) is 0 Å². The molecule has 0 bridgehead atoms. The highest BCUT2D eigenvalue weighted by Crippen LogP contribution is 2.26. The molecule has 2 saturated heterocycles. The van der Waals surface area contributed by atoms with Crippen LogP contribution in [0.5, 0.6) is 0 Å². The predicted molar refractivity (Wildman–Crippen MR) is 75.5 cm³/mol. The van der Waals surface area contributed by atoms with Crippen molar-refractivity contribution >= 4 is 17.3 Å². The average Bonchev–Trinajstić information content (AvgIpc) is 3.14. The van der Waals surface area contributed by atoms with Gasteiger partial charge in [0, 0.05) is 25.4 Å². The van der Waals surface area contributed by atoms with Gasteiger partial charge in [0.05, 0.1) is 5.69 Å². The zero-order chi connectivity index (χ0) is 13.9. The molecule has 20 heavy (non-hydrogen) atoms. The first-order chi connectivity index (χ1) is 9.74. The van der Waals surface area contributed by atoms with E-state index in [0.29, 0.717) is 13.0 Å². The molecule has 1 N–H and O–H groups in total. The molecule has 1 atom stereocenters. The summed E-state index contributed by atoms with van der Waals surface area (Å²) in [5.74, 6) is -0.653. The molecule has 4 nitrogen and oxygen atoms in total. The van der Waals surface area contributed by atoms with Crippen LogP contribution in [-0.4, -0.2) is 31.7 Å². The minimum absolute atomic E-state index is 0.245. The van der Waals surface area contributed by atoms with Crippen molar-refractivity contribution in [2.24, 2.45) is 0 Å². The normalized spacial score (nSPS) is 22.2.